The Morgan fingerprint density at radius 1 is 0.517 bits per heavy atom. The summed E-state index contributed by atoms with van der Waals surface area (Å²) in [4.78, 5) is 100. The van der Waals surface area contributed by atoms with Crippen molar-refractivity contribution in [2.45, 2.75) is 13.7 Å². The summed E-state index contributed by atoms with van der Waals surface area (Å²) in [7, 11) is 4.50. The number of esters is 2. The number of aryl methyl sites for hydroxylation is 1. The number of hydrogen-bond donors (Lipinski definition) is 0. The van der Waals surface area contributed by atoms with E-state index >= 15 is 0 Å². The number of rotatable bonds is 10. The molecule has 0 aliphatic carbocycles. The molecule has 13 rings (SSSR count). The molecular formula is C67H40BCl3N10O8. The van der Waals surface area contributed by atoms with E-state index in [4.69, 9.17) is 64.2 Å². The maximum atomic E-state index is 13.9. The van der Waals surface area contributed by atoms with Gasteiger partial charge >= 0.3 is 11.9 Å². The van der Waals surface area contributed by atoms with Gasteiger partial charge in [-0.3, -0.25) is 38.9 Å². The van der Waals surface area contributed by atoms with Gasteiger partial charge in [-0.1, -0.05) is 77.4 Å². The average Bonchev–Trinajstić information content (AvgIpc) is 1.55. The summed E-state index contributed by atoms with van der Waals surface area (Å²) in [6.45, 7) is 3.20. The van der Waals surface area contributed by atoms with Crippen LogP contribution in [0.2, 0.25) is 21.9 Å². The zero-order valence-electron chi connectivity index (χ0n) is 47.4. The average molecular weight is 1230 g/mol. The van der Waals surface area contributed by atoms with Crippen LogP contribution in [0.4, 0.5) is 0 Å². The van der Waals surface area contributed by atoms with Crippen molar-refractivity contribution in [3.05, 3.63) is 228 Å². The normalized spacial score (nSPS) is 13.4. The van der Waals surface area contributed by atoms with Gasteiger partial charge in [0.25, 0.3) is 30.5 Å². The van der Waals surface area contributed by atoms with Crippen molar-refractivity contribution in [1.29, 1.82) is 10.5 Å². The first-order chi connectivity index (χ1) is 42.8. The smallest absolute Gasteiger partial charge is 0.343 e. The molecule has 0 fully saturated rings. The molecule has 0 bridgehead atoms. The Bertz CT molecular complexity index is 5250. The Hall–Kier alpha value is -11.1. The third kappa shape index (κ3) is 9.52. The molecule has 18 nitrogen and oxygen atoms in total. The van der Waals surface area contributed by atoms with Gasteiger partial charge in [0.2, 0.25) is 0 Å². The number of carbonyl (C=O) groups is 6. The van der Waals surface area contributed by atoms with Crippen LogP contribution in [-0.4, -0.2) is 95.3 Å². The van der Waals surface area contributed by atoms with Crippen LogP contribution in [0.25, 0.3) is 66.5 Å². The minimum Gasteiger partial charge on any atom is -0.423 e. The molecule has 0 saturated heterocycles. The summed E-state index contributed by atoms with van der Waals surface area (Å²) in [5.41, 5.74) is 6.29. The fourth-order valence-corrected chi connectivity index (χ4v) is 11.9. The van der Waals surface area contributed by atoms with Gasteiger partial charge in [0.15, 0.2) is 0 Å². The molecule has 2 aliphatic heterocycles. The third-order valence-electron chi connectivity index (χ3n) is 16.0. The molecule has 430 valence electrons. The lowest BCUT2D eigenvalue weighted by molar-refractivity contribution is 0.0677. The summed E-state index contributed by atoms with van der Waals surface area (Å²) < 4.78 is 15.7. The first-order valence-corrected chi connectivity index (χ1v) is 28.5. The van der Waals surface area contributed by atoms with Gasteiger partial charge in [0, 0.05) is 42.6 Å². The van der Waals surface area contributed by atoms with Crippen LogP contribution in [0.3, 0.4) is 0 Å². The number of imide groups is 2. The number of aromatic nitrogens is 6. The highest BCUT2D eigenvalue weighted by Crippen LogP contribution is 2.38. The van der Waals surface area contributed by atoms with Gasteiger partial charge in [0.05, 0.1) is 94.3 Å². The van der Waals surface area contributed by atoms with E-state index in [1.807, 2.05) is 53.1 Å². The van der Waals surface area contributed by atoms with Crippen LogP contribution in [-0.2, 0) is 7.05 Å². The van der Waals surface area contributed by atoms with Gasteiger partial charge in [-0.25, -0.2) is 19.6 Å². The lowest BCUT2D eigenvalue weighted by Crippen LogP contribution is -2.42. The molecule has 0 saturated carbocycles. The highest BCUT2D eigenvalue weighted by molar-refractivity contribution is 6.71. The number of carbonyl (C=O) groups excluding carboxylic acids is 6. The van der Waals surface area contributed by atoms with Crippen LogP contribution < -0.4 is 25.6 Å². The van der Waals surface area contributed by atoms with Gasteiger partial charge in [0.1, 0.15) is 46.2 Å². The molecule has 0 unspecified atom stereocenters. The lowest BCUT2D eigenvalue weighted by atomic mass is 9.57. The van der Waals surface area contributed by atoms with Gasteiger partial charge in [-0.05, 0) is 133 Å². The van der Waals surface area contributed by atoms with Crippen molar-refractivity contribution in [3.8, 4) is 46.2 Å². The highest BCUT2D eigenvalue weighted by atomic mass is 35.5. The van der Waals surface area contributed by atoms with E-state index in [1.54, 1.807) is 79.8 Å². The fraction of sp³-hybridized carbons (Fsp3) is 0.0746. The minimum absolute atomic E-state index is 0.0360. The minimum atomic E-state index is -0.794. The molecule has 4 amide bonds. The first kappa shape index (κ1) is 57.0. The van der Waals surface area contributed by atoms with Crippen LogP contribution in [0.15, 0.2) is 152 Å². The Balaban J connectivity index is 1.09. The Morgan fingerprint density at radius 3 is 1.46 bits per heavy atom. The Kier molecular flexibility index (Phi) is 14.1. The molecular weight excluding hydrogens is 1190 g/mol. The topological polar surface area (TPSA) is 236 Å². The predicted octanol–water partition coefficient (Wildman–Crippen LogP) is 10.2. The quantitative estimate of drug-likeness (QED) is 0.0536. The maximum absolute atomic E-state index is 13.9. The molecule has 6 heterocycles. The SMILES string of the molecule is CB(c1ccccc1)n1c(-c2ccc(OC(=O)c3ccc4c(c3)C(=O)N(C)C4=O)cc2)c2/c(=C(\C#N)c3cnc4cc(Cl)c(Cl)cc4n3)n(C)c(-c3ccc(OC(=O)c4ccc5c(c4)C(=O)N(C)C5=O)cc3)c2/c1=C(\C#N)c1cnc2cc(Cl)c(C)cc2n1. The molecule has 0 N–H and O–H groups in total. The van der Waals surface area contributed by atoms with Crippen LogP contribution >= 0.6 is 34.8 Å². The molecule has 0 spiro atoms. The number of amides is 4. The second-order valence-electron chi connectivity index (χ2n) is 21.2. The maximum Gasteiger partial charge on any atom is 0.343 e. The lowest BCUT2D eigenvalue weighted by Gasteiger charge is -2.19. The zero-order valence-corrected chi connectivity index (χ0v) is 49.7. The summed E-state index contributed by atoms with van der Waals surface area (Å²) in [6, 6.07) is 42.8. The van der Waals surface area contributed by atoms with E-state index in [2.05, 4.69) is 12.1 Å². The van der Waals surface area contributed by atoms with Crippen LogP contribution in [0.1, 0.15) is 79.1 Å². The molecule has 2 aliphatic rings. The predicted molar refractivity (Wildman–Crippen MR) is 335 cm³/mol. The fourth-order valence-electron chi connectivity index (χ4n) is 11.4. The summed E-state index contributed by atoms with van der Waals surface area (Å²) >= 11 is 19.6. The summed E-state index contributed by atoms with van der Waals surface area (Å²) in [5.74, 6) is -3.41. The van der Waals surface area contributed by atoms with Crippen molar-refractivity contribution >= 4 is 127 Å². The van der Waals surface area contributed by atoms with Crippen molar-refractivity contribution in [3.63, 3.8) is 0 Å². The number of nitriles is 2. The Labute approximate surface area is 520 Å². The van der Waals surface area contributed by atoms with Crippen molar-refractivity contribution < 1.29 is 38.2 Å². The van der Waals surface area contributed by atoms with E-state index in [1.165, 1.54) is 62.9 Å². The van der Waals surface area contributed by atoms with Gasteiger partial charge in [-0.2, -0.15) is 10.5 Å². The molecule has 89 heavy (non-hydrogen) atoms. The van der Waals surface area contributed by atoms with E-state index in [0.29, 0.717) is 71.1 Å². The largest absolute Gasteiger partial charge is 0.423 e. The Morgan fingerprint density at radius 2 is 0.955 bits per heavy atom. The highest BCUT2D eigenvalue weighted by Gasteiger charge is 2.36. The molecule has 7 aromatic carbocycles. The molecule has 4 aromatic heterocycles. The standard InChI is InChI=1S/C67H40BCl3N10O8/c1-33-23-52-50(26-47(33)69)74-32-55(76-52)46(30-73)61-56-57(59(81(61)68(2)38-9-7-6-8-10-38)35-13-19-40(20-14-35)89-67(87)37-16-22-42-44(25-37)65(85)80(5)63(42)83)60(45(29-72)54-31-75-51-27-48(70)49(71)28-53(51)77-54)78(3)58(56)34-11-17-39(18-12-34)88-66(86)36-15-21-41-43(24-36)64(84)79(4)62(41)82/h6-28,31-32H,1-5H3/b60-45-,61-46-. The van der Waals surface area contributed by atoms with Crippen molar-refractivity contribution in [1.82, 2.24) is 38.8 Å². The third-order valence-corrected chi connectivity index (χ3v) is 17.1. The zero-order chi connectivity index (χ0) is 62.4. The molecule has 0 radical (unpaired) electrons. The van der Waals surface area contributed by atoms with Crippen LogP contribution in [0, 0.1) is 29.6 Å². The first-order valence-electron chi connectivity index (χ1n) is 27.3. The molecule has 22 heteroatoms. The number of benzene rings is 7. The van der Waals surface area contributed by atoms with Crippen molar-refractivity contribution in [2.24, 2.45) is 7.05 Å². The second-order valence-corrected chi connectivity index (χ2v) is 22.4. The number of fused-ring (bicyclic) bond motifs is 5. The van der Waals surface area contributed by atoms with Gasteiger partial charge < -0.3 is 18.5 Å². The van der Waals surface area contributed by atoms with E-state index in [-0.39, 0.29) is 77.5 Å². The molecule has 0 atom stereocenters. The van der Waals surface area contributed by atoms with Crippen LogP contribution in [0.5, 0.6) is 11.5 Å². The van der Waals surface area contributed by atoms with E-state index in [0.717, 1.165) is 20.8 Å². The number of hydrogen-bond acceptors (Lipinski definition) is 14. The summed E-state index contributed by atoms with van der Waals surface area (Å²) in [6.07, 6.45) is 2.97. The monoisotopic (exact) mass is 1230 g/mol. The number of nitrogens with zero attached hydrogens (tertiary/aromatic N) is 10. The van der Waals surface area contributed by atoms with Gasteiger partial charge in [-0.15, -0.1) is 0 Å². The second kappa shape index (κ2) is 22.0. The number of ether oxygens (including phenoxy) is 2. The number of halogens is 3. The van der Waals surface area contributed by atoms with E-state index in [9.17, 15) is 39.3 Å². The summed E-state index contributed by atoms with van der Waals surface area (Å²) in [5, 5.41) is 26.1. The van der Waals surface area contributed by atoms with E-state index < -0.39 is 42.4 Å². The molecule has 11 aromatic rings. The van der Waals surface area contributed by atoms with Crippen molar-refractivity contribution in [2.75, 3.05) is 14.1 Å².